The third-order valence-corrected chi connectivity index (χ3v) is 3.73. The van der Waals surface area contributed by atoms with Crippen molar-refractivity contribution in [2.24, 2.45) is 5.73 Å². The van der Waals surface area contributed by atoms with Crippen LogP contribution in [0.4, 0.5) is 4.39 Å². The van der Waals surface area contributed by atoms with Crippen LogP contribution in [0.25, 0.3) is 11.0 Å². The minimum atomic E-state index is -0.439. The van der Waals surface area contributed by atoms with Crippen LogP contribution in [0, 0.1) is 5.82 Å². The first-order valence-electron chi connectivity index (χ1n) is 6.50. The quantitative estimate of drug-likeness (QED) is 0.904. The van der Waals surface area contributed by atoms with Crippen LogP contribution in [-0.2, 0) is 12.1 Å². The average Bonchev–Trinajstić information content (AvgIpc) is 2.75. The molecule has 2 aromatic rings. The third kappa shape index (κ3) is 1.90. The Balaban J connectivity index is 2.71. The molecule has 0 fully saturated rings. The van der Waals surface area contributed by atoms with Gasteiger partial charge in [-0.3, -0.25) is 0 Å². The molecule has 2 rings (SSSR count). The van der Waals surface area contributed by atoms with E-state index in [2.05, 4.69) is 30.3 Å². The van der Waals surface area contributed by atoms with Gasteiger partial charge in [-0.15, -0.1) is 0 Å². The van der Waals surface area contributed by atoms with E-state index in [9.17, 15) is 4.39 Å². The molecule has 0 atom stereocenters. The Kier molecular flexibility index (Phi) is 3.39. The molecule has 18 heavy (non-hydrogen) atoms. The lowest BCUT2D eigenvalue weighted by molar-refractivity contribution is 0.373. The van der Waals surface area contributed by atoms with Crippen molar-refractivity contribution in [1.82, 2.24) is 9.55 Å². The summed E-state index contributed by atoms with van der Waals surface area (Å²) in [5.74, 6) is 0.598. The Morgan fingerprint density at radius 2 is 1.94 bits per heavy atom. The highest BCUT2D eigenvalue weighted by molar-refractivity contribution is 5.76. The number of halogens is 1. The second kappa shape index (κ2) is 4.69. The average molecular weight is 249 g/mol. The van der Waals surface area contributed by atoms with Crippen molar-refractivity contribution in [3.05, 3.63) is 29.8 Å². The van der Waals surface area contributed by atoms with Gasteiger partial charge in [0.25, 0.3) is 0 Å². The predicted molar refractivity (Wildman–Crippen MR) is 71.8 cm³/mol. The maximum atomic E-state index is 13.3. The maximum Gasteiger partial charge on any atom is 0.130 e. The number of rotatable bonds is 4. The summed E-state index contributed by atoms with van der Waals surface area (Å²) < 4.78 is 15.3. The molecule has 0 aliphatic carbocycles. The lowest BCUT2D eigenvalue weighted by Gasteiger charge is -2.26. The molecule has 1 aromatic heterocycles. The zero-order valence-electron chi connectivity index (χ0n) is 11.2. The monoisotopic (exact) mass is 249 g/mol. The van der Waals surface area contributed by atoms with Crippen molar-refractivity contribution in [2.75, 3.05) is 0 Å². The predicted octanol–water partition coefficient (Wildman–Crippen LogP) is 3.17. The highest BCUT2D eigenvalue weighted by atomic mass is 19.1. The van der Waals surface area contributed by atoms with E-state index in [-0.39, 0.29) is 5.82 Å². The van der Waals surface area contributed by atoms with E-state index >= 15 is 0 Å². The Labute approximate surface area is 107 Å². The van der Waals surface area contributed by atoms with Gasteiger partial charge in [0.05, 0.1) is 16.6 Å². The fraction of sp³-hybridized carbons (Fsp3) is 0.500. The normalized spacial score (nSPS) is 12.3. The van der Waals surface area contributed by atoms with E-state index in [1.807, 2.05) is 0 Å². The molecule has 0 radical (unpaired) electrons. The third-order valence-electron chi connectivity index (χ3n) is 3.73. The second-order valence-electron chi connectivity index (χ2n) is 4.68. The van der Waals surface area contributed by atoms with Gasteiger partial charge in [-0.05, 0) is 31.9 Å². The molecule has 0 aliphatic rings. The fourth-order valence-electron chi connectivity index (χ4n) is 2.37. The molecule has 0 unspecified atom stereocenters. The molecular formula is C14H20FN3. The number of aryl methyl sites for hydroxylation is 1. The Bertz CT molecular complexity index is 555. The summed E-state index contributed by atoms with van der Waals surface area (Å²) in [6.07, 6.45) is 1.63. The molecule has 3 nitrogen and oxygen atoms in total. The number of imidazole rings is 1. The molecular weight excluding hydrogens is 229 g/mol. The highest BCUT2D eigenvalue weighted by Crippen LogP contribution is 2.28. The maximum absolute atomic E-state index is 13.3. The molecule has 0 saturated heterocycles. The largest absolute Gasteiger partial charge is 0.327 e. The zero-order valence-corrected chi connectivity index (χ0v) is 11.2. The van der Waals surface area contributed by atoms with Gasteiger partial charge in [-0.2, -0.15) is 0 Å². The van der Waals surface area contributed by atoms with Gasteiger partial charge in [0, 0.05) is 12.6 Å². The van der Waals surface area contributed by atoms with Crippen LogP contribution >= 0.6 is 0 Å². The van der Waals surface area contributed by atoms with Crippen molar-refractivity contribution in [1.29, 1.82) is 0 Å². The number of aromatic nitrogens is 2. The Morgan fingerprint density at radius 3 is 2.50 bits per heavy atom. The van der Waals surface area contributed by atoms with Crippen LogP contribution in [0.2, 0.25) is 0 Å². The lowest BCUT2D eigenvalue weighted by atomic mass is 9.93. The molecule has 0 aliphatic heterocycles. The van der Waals surface area contributed by atoms with Crippen molar-refractivity contribution < 1.29 is 4.39 Å². The smallest absolute Gasteiger partial charge is 0.130 e. The molecule has 1 heterocycles. The highest BCUT2D eigenvalue weighted by Gasteiger charge is 2.29. The van der Waals surface area contributed by atoms with Crippen molar-refractivity contribution >= 4 is 11.0 Å². The lowest BCUT2D eigenvalue weighted by Crippen LogP contribution is -2.38. The molecule has 0 saturated carbocycles. The zero-order chi connectivity index (χ0) is 13.3. The van der Waals surface area contributed by atoms with Crippen LogP contribution in [0.1, 0.15) is 39.4 Å². The van der Waals surface area contributed by atoms with Crippen molar-refractivity contribution in [2.45, 2.75) is 45.7 Å². The first kappa shape index (κ1) is 13.0. The van der Waals surface area contributed by atoms with Gasteiger partial charge in [0.15, 0.2) is 0 Å². The van der Waals surface area contributed by atoms with Gasteiger partial charge < -0.3 is 10.3 Å². The summed E-state index contributed by atoms with van der Waals surface area (Å²) in [5.41, 5.74) is 7.61. The number of nitrogens with two attached hydrogens (primary N) is 1. The van der Waals surface area contributed by atoms with E-state index < -0.39 is 5.54 Å². The number of benzene rings is 1. The summed E-state index contributed by atoms with van der Waals surface area (Å²) in [4.78, 5) is 4.56. The van der Waals surface area contributed by atoms with E-state index in [0.717, 1.165) is 30.7 Å². The van der Waals surface area contributed by atoms with E-state index in [1.165, 1.54) is 12.1 Å². The van der Waals surface area contributed by atoms with Crippen LogP contribution in [0.3, 0.4) is 0 Å². The van der Waals surface area contributed by atoms with Crippen LogP contribution in [0.15, 0.2) is 18.2 Å². The first-order chi connectivity index (χ1) is 8.55. The van der Waals surface area contributed by atoms with Gasteiger partial charge in [0.1, 0.15) is 11.6 Å². The Hall–Kier alpha value is -1.42. The van der Waals surface area contributed by atoms with Crippen molar-refractivity contribution in [3.8, 4) is 0 Å². The van der Waals surface area contributed by atoms with Gasteiger partial charge in [0.2, 0.25) is 0 Å². The van der Waals surface area contributed by atoms with Gasteiger partial charge in [-0.25, -0.2) is 9.37 Å². The van der Waals surface area contributed by atoms with E-state index in [1.54, 1.807) is 6.07 Å². The summed E-state index contributed by atoms with van der Waals surface area (Å²) in [7, 11) is 0. The number of hydrogen-bond acceptors (Lipinski definition) is 2. The number of fused-ring (bicyclic) bond motifs is 1. The SMILES string of the molecule is CCn1c(C(N)(CC)CC)nc2cc(F)ccc21. The van der Waals surface area contributed by atoms with Crippen LogP contribution in [0.5, 0.6) is 0 Å². The topological polar surface area (TPSA) is 43.8 Å². The fourth-order valence-corrected chi connectivity index (χ4v) is 2.37. The standard InChI is InChI=1S/C14H20FN3/c1-4-14(16,5-2)13-17-11-9-10(15)7-8-12(11)18(13)6-3/h7-9H,4-6,16H2,1-3H3. The van der Waals surface area contributed by atoms with E-state index in [0.29, 0.717) is 5.52 Å². The first-order valence-corrected chi connectivity index (χ1v) is 6.50. The summed E-state index contributed by atoms with van der Waals surface area (Å²) in [6, 6.07) is 4.71. The minimum Gasteiger partial charge on any atom is -0.327 e. The van der Waals surface area contributed by atoms with Gasteiger partial charge >= 0.3 is 0 Å². The van der Waals surface area contributed by atoms with E-state index in [4.69, 9.17) is 5.73 Å². The molecule has 0 bridgehead atoms. The van der Waals surface area contributed by atoms with Crippen LogP contribution < -0.4 is 5.73 Å². The number of nitrogens with zero attached hydrogens (tertiary/aromatic N) is 2. The minimum absolute atomic E-state index is 0.259. The van der Waals surface area contributed by atoms with Gasteiger partial charge in [-0.1, -0.05) is 13.8 Å². The number of hydrogen-bond donors (Lipinski definition) is 1. The molecule has 0 amide bonds. The summed E-state index contributed by atoms with van der Waals surface area (Å²) >= 11 is 0. The molecule has 1 aromatic carbocycles. The van der Waals surface area contributed by atoms with Crippen molar-refractivity contribution in [3.63, 3.8) is 0 Å². The summed E-state index contributed by atoms with van der Waals surface area (Å²) in [6.45, 7) is 6.96. The Morgan fingerprint density at radius 1 is 1.28 bits per heavy atom. The molecule has 0 spiro atoms. The summed E-state index contributed by atoms with van der Waals surface area (Å²) in [5, 5.41) is 0. The second-order valence-corrected chi connectivity index (χ2v) is 4.68. The molecule has 98 valence electrons. The molecule has 2 N–H and O–H groups in total. The van der Waals surface area contributed by atoms with Crippen LogP contribution in [-0.4, -0.2) is 9.55 Å². The molecule has 4 heteroatoms.